The second-order valence-electron chi connectivity index (χ2n) is 7.21. The Balaban J connectivity index is 2.78. The van der Waals surface area contributed by atoms with Crippen molar-refractivity contribution in [2.45, 2.75) is 34.1 Å². The van der Waals surface area contributed by atoms with Crippen molar-refractivity contribution in [3.8, 4) is 0 Å². The van der Waals surface area contributed by atoms with E-state index >= 15 is 0 Å². The predicted molar refractivity (Wildman–Crippen MR) is 90.0 cm³/mol. The SMILES string of the molecule is CCOC(=O)C1(C(=O)OCC)CC2(C)CN(C)CC1(C(=O)OCC)C2=O. The molecule has 0 aromatic carbocycles. The molecule has 1 aliphatic heterocycles. The minimum atomic E-state index is -2.04. The van der Waals surface area contributed by atoms with Gasteiger partial charge in [0.05, 0.1) is 19.8 Å². The smallest absolute Gasteiger partial charge is 0.325 e. The Labute approximate surface area is 153 Å². The fraction of sp³-hybridized carbons (Fsp3) is 0.778. The quantitative estimate of drug-likeness (QED) is 0.381. The summed E-state index contributed by atoms with van der Waals surface area (Å²) in [6, 6.07) is 0. The minimum Gasteiger partial charge on any atom is -0.465 e. The molecule has 0 radical (unpaired) electrons. The molecule has 1 heterocycles. The normalized spacial score (nSPS) is 30.0. The summed E-state index contributed by atoms with van der Waals surface area (Å²) in [5.41, 5.74) is -5.07. The van der Waals surface area contributed by atoms with Crippen molar-refractivity contribution in [1.29, 1.82) is 0 Å². The number of esters is 3. The molecule has 8 heteroatoms. The van der Waals surface area contributed by atoms with E-state index in [-0.39, 0.29) is 32.8 Å². The van der Waals surface area contributed by atoms with Gasteiger partial charge in [0.2, 0.25) is 0 Å². The Morgan fingerprint density at radius 2 is 1.38 bits per heavy atom. The van der Waals surface area contributed by atoms with Gasteiger partial charge >= 0.3 is 17.9 Å². The van der Waals surface area contributed by atoms with E-state index < -0.39 is 39.9 Å². The first-order valence-corrected chi connectivity index (χ1v) is 8.91. The van der Waals surface area contributed by atoms with Crippen molar-refractivity contribution in [2.24, 2.45) is 16.2 Å². The van der Waals surface area contributed by atoms with Crippen molar-refractivity contribution in [3.63, 3.8) is 0 Å². The number of fused-ring (bicyclic) bond motifs is 2. The van der Waals surface area contributed by atoms with Gasteiger partial charge in [0.15, 0.2) is 16.6 Å². The van der Waals surface area contributed by atoms with E-state index in [0.717, 1.165) is 0 Å². The number of piperidine rings is 1. The van der Waals surface area contributed by atoms with Gasteiger partial charge in [-0.15, -0.1) is 0 Å². The van der Waals surface area contributed by atoms with Crippen LogP contribution in [0.3, 0.4) is 0 Å². The minimum absolute atomic E-state index is 0.0135. The molecule has 8 nitrogen and oxygen atoms in total. The van der Waals surface area contributed by atoms with Crippen LogP contribution in [0.1, 0.15) is 34.1 Å². The van der Waals surface area contributed by atoms with Gasteiger partial charge in [-0.3, -0.25) is 19.2 Å². The standard InChI is InChI=1S/C18H27NO7/c1-6-24-13(21)17(14(22)25-7-2)9-16(4)10-19(5)11-18(17,12(16)20)15(23)26-8-3/h6-11H2,1-5H3. The maximum Gasteiger partial charge on any atom is 0.325 e. The molecule has 1 saturated carbocycles. The number of ketones is 1. The lowest BCUT2D eigenvalue weighted by atomic mass is 9.63. The van der Waals surface area contributed by atoms with E-state index in [9.17, 15) is 19.2 Å². The average molecular weight is 369 g/mol. The topological polar surface area (TPSA) is 99.2 Å². The van der Waals surface area contributed by atoms with E-state index in [0.29, 0.717) is 6.54 Å². The number of nitrogens with zero attached hydrogens (tertiary/aromatic N) is 1. The molecule has 2 bridgehead atoms. The molecule has 0 amide bonds. The summed E-state index contributed by atoms with van der Waals surface area (Å²) in [5, 5.41) is 0. The molecule has 2 fully saturated rings. The molecular formula is C18H27NO7. The number of hydrogen-bond donors (Lipinski definition) is 0. The van der Waals surface area contributed by atoms with Crippen LogP contribution in [0.25, 0.3) is 0 Å². The van der Waals surface area contributed by atoms with Crippen molar-refractivity contribution in [1.82, 2.24) is 4.90 Å². The molecule has 2 rings (SSSR count). The van der Waals surface area contributed by atoms with Crippen LogP contribution >= 0.6 is 0 Å². The molecule has 2 atom stereocenters. The second-order valence-corrected chi connectivity index (χ2v) is 7.21. The monoisotopic (exact) mass is 369 g/mol. The van der Waals surface area contributed by atoms with Crippen molar-refractivity contribution < 1.29 is 33.4 Å². The highest BCUT2D eigenvalue weighted by Crippen LogP contribution is 2.62. The van der Waals surface area contributed by atoms with E-state index in [2.05, 4.69) is 0 Å². The second kappa shape index (κ2) is 6.98. The highest BCUT2D eigenvalue weighted by Gasteiger charge is 2.82. The average Bonchev–Trinajstić information content (AvgIpc) is 2.68. The van der Waals surface area contributed by atoms with Gasteiger partial charge in [-0.1, -0.05) is 6.92 Å². The van der Waals surface area contributed by atoms with Gasteiger partial charge in [0.25, 0.3) is 0 Å². The predicted octanol–water partition coefficient (Wildman–Crippen LogP) is 0.573. The van der Waals surface area contributed by atoms with E-state index in [1.807, 2.05) is 0 Å². The molecular weight excluding hydrogens is 342 g/mol. The lowest BCUT2D eigenvalue weighted by Gasteiger charge is -2.42. The number of hydrogen-bond acceptors (Lipinski definition) is 8. The Hall–Kier alpha value is -1.96. The Bertz CT molecular complexity index is 613. The van der Waals surface area contributed by atoms with Gasteiger partial charge in [-0.2, -0.15) is 0 Å². The summed E-state index contributed by atoms with van der Waals surface area (Å²) in [6.07, 6.45) is -0.139. The van der Waals surface area contributed by atoms with Crippen molar-refractivity contribution in [3.05, 3.63) is 0 Å². The maximum absolute atomic E-state index is 13.4. The highest BCUT2D eigenvalue weighted by molar-refractivity contribution is 6.21. The lowest BCUT2D eigenvalue weighted by molar-refractivity contribution is -0.193. The summed E-state index contributed by atoms with van der Waals surface area (Å²) >= 11 is 0. The summed E-state index contributed by atoms with van der Waals surface area (Å²) < 4.78 is 15.5. The first-order valence-electron chi connectivity index (χ1n) is 8.91. The number of carbonyl (C=O) groups is 4. The molecule has 0 aromatic heterocycles. The maximum atomic E-state index is 13.4. The van der Waals surface area contributed by atoms with Crippen LogP contribution in [0.2, 0.25) is 0 Å². The van der Waals surface area contributed by atoms with Gasteiger partial charge < -0.3 is 19.1 Å². The van der Waals surface area contributed by atoms with Crippen LogP contribution in [0.15, 0.2) is 0 Å². The lowest BCUT2D eigenvalue weighted by Crippen LogP contribution is -2.64. The third-order valence-corrected chi connectivity index (χ3v) is 5.32. The summed E-state index contributed by atoms with van der Waals surface area (Å²) in [7, 11) is 1.74. The number of ether oxygens (including phenoxy) is 3. The van der Waals surface area contributed by atoms with E-state index in [4.69, 9.17) is 14.2 Å². The van der Waals surface area contributed by atoms with Crippen LogP contribution in [0, 0.1) is 16.2 Å². The van der Waals surface area contributed by atoms with Crippen LogP contribution < -0.4 is 0 Å². The largest absolute Gasteiger partial charge is 0.465 e. The van der Waals surface area contributed by atoms with Gasteiger partial charge in [-0.25, -0.2) is 0 Å². The number of rotatable bonds is 6. The van der Waals surface area contributed by atoms with Gasteiger partial charge in [0.1, 0.15) is 0 Å². The first kappa shape index (κ1) is 20.4. The Morgan fingerprint density at radius 3 is 1.85 bits per heavy atom. The molecule has 26 heavy (non-hydrogen) atoms. The molecule has 1 aliphatic carbocycles. The summed E-state index contributed by atoms with van der Waals surface area (Å²) in [4.78, 5) is 54.2. The van der Waals surface area contributed by atoms with Crippen molar-refractivity contribution >= 4 is 23.7 Å². The number of Topliss-reactive ketones (excluding diaryl/α,β-unsaturated/α-hetero) is 1. The Morgan fingerprint density at radius 1 is 0.923 bits per heavy atom. The van der Waals surface area contributed by atoms with E-state index in [1.165, 1.54) is 0 Å². The molecule has 0 spiro atoms. The number of carbonyl (C=O) groups excluding carboxylic acids is 4. The zero-order valence-corrected chi connectivity index (χ0v) is 16.0. The number of likely N-dealkylation sites (tertiary alicyclic amines) is 1. The third-order valence-electron chi connectivity index (χ3n) is 5.32. The highest BCUT2D eigenvalue weighted by atomic mass is 16.6. The van der Waals surface area contributed by atoms with Gasteiger partial charge in [0, 0.05) is 18.5 Å². The molecule has 2 aliphatic rings. The molecule has 1 saturated heterocycles. The molecule has 2 unspecified atom stereocenters. The fourth-order valence-electron chi connectivity index (χ4n) is 4.59. The summed E-state index contributed by atoms with van der Waals surface area (Å²) in [6.45, 7) is 6.76. The molecule has 0 N–H and O–H groups in total. The van der Waals surface area contributed by atoms with Crippen LogP contribution in [0.4, 0.5) is 0 Å². The Kier molecular flexibility index (Phi) is 5.46. The van der Waals surface area contributed by atoms with Crippen LogP contribution in [0.5, 0.6) is 0 Å². The van der Waals surface area contributed by atoms with Crippen molar-refractivity contribution in [2.75, 3.05) is 40.0 Å². The first-order chi connectivity index (χ1) is 12.2. The summed E-state index contributed by atoms with van der Waals surface area (Å²) in [5.74, 6) is -3.14. The van der Waals surface area contributed by atoms with E-state index in [1.54, 1.807) is 39.6 Å². The van der Waals surface area contributed by atoms with Gasteiger partial charge in [-0.05, 0) is 34.2 Å². The zero-order chi connectivity index (χ0) is 19.8. The third kappa shape index (κ3) is 2.53. The van der Waals surface area contributed by atoms with Crippen LogP contribution in [-0.2, 0) is 33.4 Å². The molecule has 146 valence electrons. The zero-order valence-electron chi connectivity index (χ0n) is 16.0. The molecule has 0 aromatic rings. The fourth-order valence-corrected chi connectivity index (χ4v) is 4.59. The van der Waals surface area contributed by atoms with Crippen LogP contribution in [-0.4, -0.2) is 68.5 Å².